The van der Waals surface area contributed by atoms with Gasteiger partial charge in [-0.2, -0.15) is 0 Å². The van der Waals surface area contributed by atoms with Gasteiger partial charge in [-0.1, -0.05) is 96.1 Å². The third-order valence-corrected chi connectivity index (χ3v) is 5.70. The Bertz CT molecular complexity index is 520. The topological polar surface area (TPSA) is 109 Å². The fourth-order valence-electron chi connectivity index (χ4n) is 3.73. The molecule has 0 bridgehead atoms. The number of primary amides is 1. The summed E-state index contributed by atoms with van der Waals surface area (Å²) >= 11 is 0. The van der Waals surface area contributed by atoms with Crippen LogP contribution in [0.1, 0.15) is 129 Å². The van der Waals surface area contributed by atoms with Gasteiger partial charge < -0.3 is 16.2 Å². The zero-order valence-corrected chi connectivity index (χ0v) is 20.4. The molecule has 4 N–H and O–H groups in total. The van der Waals surface area contributed by atoms with Crippen molar-refractivity contribution in [2.75, 3.05) is 0 Å². The number of hydrogen-bond acceptors (Lipinski definition) is 3. The SMILES string of the molecule is CCCCCCCCCC/C=C\CCCCCCCCCC(=O)N[C@@H](CC(N)=O)C(=O)O. The minimum Gasteiger partial charge on any atom is -0.480 e. The second kappa shape index (κ2) is 22.3. The van der Waals surface area contributed by atoms with Crippen LogP contribution in [0.15, 0.2) is 12.2 Å². The van der Waals surface area contributed by atoms with E-state index in [0.717, 1.165) is 19.3 Å². The summed E-state index contributed by atoms with van der Waals surface area (Å²) in [4.78, 5) is 33.6. The summed E-state index contributed by atoms with van der Waals surface area (Å²) in [6.07, 6.45) is 25.6. The zero-order chi connectivity index (χ0) is 23.9. The molecule has 0 spiro atoms. The van der Waals surface area contributed by atoms with Gasteiger partial charge in [0.1, 0.15) is 6.04 Å². The Balaban J connectivity index is 3.41. The number of aliphatic carboxylic acids is 1. The van der Waals surface area contributed by atoms with Crippen LogP contribution in [0.5, 0.6) is 0 Å². The van der Waals surface area contributed by atoms with Crippen LogP contribution in [0.3, 0.4) is 0 Å². The van der Waals surface area contributed by atoms with Crippen molar-refractivity contribution in [3.8, 4) is 0 Å². The van der Waals surface area contributed by atoms with Gasteiger partial charge in [0.05, 0.1) is 6.42 Å². The zero-order valence-electron chi connectivity index (χ0n) is 20.4. The number of nitrogens with two attached hydrogens (primary N) is 1. The van der Waals surface area contributed by atoms with Crippen LogP contribution in [0.2, 0.25) is 0 Å². The maximum absolute atomic E-state index is 11.8. The molecule has 0 aliphatic heterocycles. The van der Waals surface area contributed by atoms with Crippen molar-refractivity contribution in [3.05, 3.63) is 12.2 Å². The van der Waals surface area contributed by atoms with Gasteiger partial charge in [0.2, 0.25) is 11.8 Å². The van der Waals surface area contributed by atoms with E-state index in [1.165, 1.54) is 89.9 Å². The van der Waals surface area contributed by atoms with Crippen LogP contribution in [-0.2, 0) is 14.4 Å². The molecule has 0 aromatic rings. The predicted octanol–water partition coefficient (Wildman–Crippen LogP) is 6.03. The molecule has 0 radical (unpaired) electrons. The summed E-state index contributed by atoms with van der Waals surface area (Å²) in [6.45, 7) is 2.26. The highest BCUT2D eigenvalue weighted by atomic mass is 16.4. The molecule has 2 amide bonds. The van der Waals surface area contributed by atoms with Crippen molar-refractivity contribution >= 4 is 17.8 Å². The molecular formula is C26H48N2O4. The Hall–Kier alpha value is -1.85. The van der Waals surface area contributed by atoms with Gasteiger partial charge in [0.15, 0.2) is 0 Å². The summed E-state index contributed by atoms with van der Waals surface area (Å²) in [5, 5.41) is 11.3. The molecule has 0 saturated heterocycles. The Morgan fingerprint density at radius 3 is 1.62 bits per heavy atom. The van der Waals surface area contributed by atoms with Gasteiger partial charge in [-0.25, -0.2) is 4.79 Å². The molecule has 0 fully saturated rings. The van der Waals surface area contributed by atoms with Gasteiger partial charge in [-0.15, -0.1) is 0 Å². The van der Waals surface area contributed by atoms with Gasteiger partial charge in [0.25, 0.3) is 0 Å². The number of nitrogens with one attached hydrogen (secondary N) is 1. The minimum atomic E-state index is -1.24. The van der Waals surface area contributed by atoms with Crippen LogP contribution in [0.4, 0.5) is 0 Å². The second-order valence-electron chi connectivity index (χ2n) is 8.88. The fourth-order valence-corrected chi connectivity index (χ4v) is 3.73. The maximum Gasteiger partial charge on any atom is 0.326 e. The van der Waals surface area contributed by atoms with E-state index in [1.807, 2.05) is 0 Å². The predicted molar refractivity (Wildman–Crippen MR) is 131 cm³/mol. The van der Waals surface area contributed by atoms with Crippen LogP contribution < -0.4 is 11.1 Å². The Labute approximate surface area is 195 Å². The van der Waals surface area contributed by atoms with Gasteiger partial charge in [0, 0.05) is 6.42 Å². The van der Waals surface area contributed by atoms with Crippen LogP contribution in [0, 0.1) is 0 Å². The molecule has 0 aromatic heterocycles. The molecular weight excluding hydrogens is 404 g/mol. The molecule has 186 valence electrons. The lowest BCUT2D eigenvalue weighted by Gasteiger charge is -2.12. The molecule has 0 heterocycles. The average Bonchev–Trinajstić information content (AvgIpc) is 2.74. The molecule has 0 saturated carbocycles. The Morgan fingerprint density at radius 1 is 0.750 bits per heavy atom. The van der Waals surface area contributed by atoms with Crippen molar-refractivity contribution in [1.29, 1.82) is 0 Å². The number of carbonyl (C=O) groups excluding carboxylic acids is 2. The molecule has 6 heteroatoms. The van der Waals surface area contributed by atoms with Gasteiger partial charge in [-0.3, -0.25) is 9.59 Å². The first-order chi connectivity index (χ1) is 15.5. The molecule has 6 nitrogen and oxygen atoms in total. The van der Waals surface area contributed by atoms with Crippen LogP contribution in [-0.4, -0.2) is 28.9 Å². The number of allylic oxidation sites excluding steroid dienone is 2. The monoisotopic (exact) mass is 452 g/mol. The third-order valence-electron chi connectivity index (χ3n) is 5.70. The van der Waals surface area contributed by atoms with Crippen molar-refractivity contribution in [2.45, 2.75) is 135 Å². The number of carbonyl (C=O) groups is 3. The number of carboxylic acids is 1. The summed E-state index contributed by atoms with van der Waals surface area (Å²) in [5.41, 5.74) is 5.00. The van der Waals surface area contributed by atoms with Crippen molar-refractivity contribution < 1.29 is 19.5 Å². The van der Waals surface area contributed by atoms with E-state index in [-0.39, 0.29) is 18.7 Å². The van der Waals surface area contributed by atoms with E-state index in [1.54, 1.807) is 0 Å². The first kappa shape index (κ1) is 30.1. The highest BCUT2D eigenvalue weighted by molar-refractivity contribution is 5.88. The smallest absolute Gasteiger partial charge is 0.326 e. The summed E-state index contributed by atoms with van der Waals surface area (Å²) < 4.78 is 0. The highest BCUT2D eigenvalue weighted by Crippen LogP contribution is 2.12. The van der Waals surface area contributed by atoms with Gasteiger partial charge in [-0.05, 0) is 32.1 Å². The molecule has 0 aliphatic carbocycles. The van der Waals surface area contributed by atoms with E-state index >= 15 is 0 Å². The lowest BCUT2D eigenvalue weighted by atomic mass is 10.1. The molecule has 0 rings (SSSR count). The fraction of sp³-hybridized carbons (Fsp3) is 0.808. The number of hydrogen-bond donors (Lipinski definition) is 3. The molecule has 0 aromatic carbocycles. The maximum atomic E-state index is 11.8. The number of unbranched alkanes of at least 4 members (excludes halogenated alkanes) is 15. The highest BCUT2D eigenvalue weighted by Gasteiger charge is 2.21. The Morgan fingerprint density at radius 2 is 1.19 bits per heavy atom. The molecule has 0 unspecified atom stereocenters. The Kier molecular flexibility index (Phi) is 21.1. The summed E-state index contributed by atoms with van der Waals surface area (Å²) in [7, 11) is 0. The van der Waals surface area contributed by atoms with Gasteiger partial charge >= 0.3 is 5.97 Å². The first-order valence-electron chi connectivity index (χ1n) is 12.9. The first-order valence-corrected chi connectivity index (χ1v) is 12.9. The van der Waals surface area contributed by atoms with E-state index in [9.17, 15) is 14.4 Å². The molecule has 32 heavy (non-hydrogen) atoms. The lowest BCUT2D eigenvalue weighted by molar-refractivity contribution is -0.143. The van der Waals surface area contributed by atoms with Crippen LogP contribution >= 0.6 is 0 Å². The number of amides is 2. The van der Waals surface area contributed by atoms with Crippen molar-refractivity contribution in [2.24, 2.45) is 5.73 Å². The third kappa shape index (κ3) is 21.4. The number of rotatable bonds is 23. The lowest BCUT2D eigenvalue weighted by Crippen LogP contribution is -2.43. The number of carboxylic acid groups (broad SMARTS) is 1. The van der Waals surface area contributed by atoms with Crippen molar-refractivity contribution in [3.63, 3.8) is 0 Å². The van der Waals surface area contributed by atoms with E-state index in [2.05, 4.69) is 24.4 Å². The van der Waals surface area contributed by atoms with Crippen molar-refractivity contribution in [1.82, 2.24) is 5.32 Å². The van der Waals surface area contributed by atoms with Crippen LogP contribution in [0.25, 0.3) is 0 Å². The average molecular weight is 453 g/mol. The van der Waals surface area contributed by atoms with E-state index in [0.29, 0.717) is 0 Å². The normalized spacial score (nSPS) is 12.2. The summed E-state index contributed by atoms with van der Waals surface area (Å²) in [6, 6.07) is -1.23. The molecule has 1 atom stereocenters. The quantitative estimate of drug-likeness (QED) is 0.130. The molecule has 0 aliphatic rings. The summed E-state index contributed by atoms with van der Waals surface area (Å²) in [5.74, 6) is -2.31. The largest absolute Gasteiger partial charge is 0.480 e. The van der Waals surface area contributed by atoms with E-state index < -0.39 is 17.9 Å². The van der Waals surface area contributed by atoms with E-state index in [4.69, 9.17) is 10.8 Å². The minimum absolute atomic E-state index is 0.284. The standard InChI is InChI=1S/C26H48N2O4/c1-2-3-4-5-6-7-8-9-10-11-12-13-14-15-16-17-18-19-20-21-25(30)28-23(26(31)32)22-24(27)29/h11-12,23H,2-10,13-22H2,1H3,(H2,27,29)(H,28,30)(H,31,32)/b12-11-/t23-/m0/s1. The second-order valence-corrected chi connectivity index (χ2v) is 8.88.